The number of likely N-dealkylation sites (tertiary alicyclic amines) is 2. The fourth-order valence-corrected chi connectivity index (χ4v) is 6.50. The van der Waals surface area contributed by atoms with Gasteiger partial charge in [-0.1, -0.05) is 0 Å². The summed E-state index contributed by atoms with van der Waals surface area (Å²) in [6, 6.07) is 6.74. The number of hydrogen-bond donors (Lipinski definition) is 0. The van der Waals surface area contributed by atoms with Crippen LogP contribution in [0.25, 0.3) is 6.08 Å². The molecule has 2 aromatic heterocycles. The van der Waals surface area contributed by atoms with E-state index in [2.05, 4.69) is 9.97 Å². The summed E-state index contributed by atoms with van der Waals surface area (Å²) in [6.07, 6.45) is 5.74. The number of nitrogens with zero attached hydrogens (tertiary/aromatic N) is 10. The Morgan fingerprint density at radius 1 is 0.710 bits per heavy atom. The van der Waals surface area contributed by atoms with Gasteiger partial charge in [-0.2, -0.15) is 0 Å². The number of aromatic nitrogens is 2. The number of amides is 2. The maximum atomic E-state index is 12.2. The zero-order valence-electron chi connectivity index (χ0n) is 39.4. The quantitative estimate of drug-likeness (QED) is 0.132. The van der Waals surface area contributed by atoms with Crippen LogP contribution in [0.4, 0.5) is 32.6 Å². The van der Waals surface area contributed by atoms with Crippen LogP contribution in [0.1, 0.15) is 78.6 Å². The van der Waals surface area contributed by atoms with Crippen molar-refractivity contribution in [2.75, 3.05) is 92.5 Å². The lowest BCUT2D eigenvalue weighted by Crippen LogP contribution is -2.47. The highest BCUT2D eigenvalue weighted by Crippen LogP contribution is 2.28. The third kappa shape index (κ3) is 17.2. The van der Waals surface area contributed by atoms with Gasteiger partial charge in [-0.25, -0.2) is 19.6 Å². The molecule has 20 heteroatoms. The highest BCUT2D eigenvalue weighted by molar-refractivity contribution is 5.69. The van der Waals surface area contributed by atoms with Crippen molar-refractivity contribution in [1.82, 2.24) is 29.6 Å². The first-order valence-electron chi connectivity index (χ1n) is 20.5. The van der Waals surface area contributed by atoms with Crippen LogP contribution in [-0.4, -0.2) is 164 Å². The summed E-state index contributed by atoms with van der Waals surface area (Å²) in [5.41, 5.74) is -0.286. The Labute approximate surface area is 367 Å². The van der Waals surface area contributed by atoms with Crippen molar-refractivity contribution in [1.29, 1.82) is 0 Å². The van der Waals surface area contributed by atoms with Gasteiger partial charge < -0.3 is 43.4 Å². The van der Waals surface area contributed by atoms with E-state index in [4.69, 9.17) is 18.9 Å². The molecule has 2 aromatic rings. The van der Waals surface area contributed by atoms with Crippen LogP contribution >= 0.6 is 0 Å². The smallest absolute Gasteiger partial charge is 0.410 e. The molecule has 0 radical (unpaired) electrons. The second-order valence-electron chi connectivity index (χ2n) is 17.5. The van der Waals surface area contributed by atoms with E-state index in [1.54, 1.807) is 60.3 Å². The number of rotatable bonds is 11. The molecule has 4 heterocycles. The van der Waals surface area contributed by atoms with Crippen molar-refractivity contribution in [2.45, 2.75) is 104 Å². The van der Waals surface area contributed by atoms with Crippen molar-refractivity contribution < 1.29 is 38.4 Å². The Bertz CT molecular complexity index is 1790. The van der Waals surface area contributed by atoms with E-state index in [-0.39, 0.29) is 42.1 Å². The zero-order valence-corrected chi connectivity index (χ0v) is 39.4. The van der Waals surface area contributed by atoms with Gasteiger partial charge in [0.15, 0.2) is 0 Å². The fraction of sp³-hybridized carbons (Fsp3) is 0.667. The monoisotopic (exact) mass is 875 g/mol. The van der Waals surface area contributed by atoms with Gasteiger partial charge >= 0.3 is 12.2 Å². The maximum Gasteiger partial charge on any atom is 0.410 e. The topological polar surface area (TPSA) is 203 Å². The first-order chi connectivity index (χ1) is 28.8. The van der Waals surface area contributed by atoms with Crippen LogP contribution in [0.15, 0.2) is 30.5 Å². The zero-order chi connectivity index (χ0) is 47.1. The van der Waals surface area contributed by atoms with Crippen LogP contribution in [0.2, 0.25) is 0 Å². The van der Waals surface area contributed by atoms with E-state index in [0.717, 1.165) is 25.7 Å². The standard InChI is InChI=1S/C20H31N5O4.C17H26N4O4.C5H13NO2/c1-20(2,3)29-19(26)24-13-9-15(10-14-24)23(6)18-8-7-17(25(27)28)16(21-18)11-12-22(4)5;1-12-14(21(23)24)6-7-15(18-12)19(5)13-8-10-20(11-9-13)16(22)25-17(2,3)4;1-6(2)5(7-3)8-4/h7-8,11-12,15H,9-10,13-14H2,1-6H3;6-7,13H,8-11H2,1-5H3;5H,1-4H3/b12-11+;;. The van der Waals surface area contributed by atoms with Gasteiger partial charge in [-0.05, 0) is 106 Å². The predicted molar refractivity (Wildman–Crippen MR) is 239 cm³/mol. The number of nitro groups is 2. The van der Waals surface area contributed by atoms with E-state index < -0.39 is 21.0 Å². The van der Waals surface area contributed by atoms with Gasteiger partial charge in [-0.3, -0.25) is 25.1 Å². The highest BCUT2D eigenvalue weighted by Gasteiger charge is 2.31. The summed E-state index contributed by atoms with van der Waals surface area (Å²) in [5.74, 6) is 1.38. The third-order valence-electron chi connectivity index (χ3n) is 9.73. The number of anilines is 2. The Morgan fingerprint density at radius 2 is 1.10 bits per heavy atom. The molecule has 0 aliphatic carbocycles. The Hall–Kier alpha value is -5.34. The fourth-order valence-electron chi connectivity index (χ4n) is 6.50. The van der Waals surface area contributed by atoms with Crippen LogP contribution in [-0.2, 0) is 18.9 Å². The molecule has 0 N–H and O–H groups in total. The van der Waals surface area contributed by atoms with E-state index in [1.165, 1.54) is 12.1 Å². The molecule has 62 heavy (non-hydrogen) atoms. The summed E-state index contributed by atoms with van der Waals surface area (Å²) < 4.78 is 20.6. The van der Waals surface area contributed by atoms with Gasteiger partial charge in [0.1, 0.15) is 34.2 Å². The van der Waals surface area contributed by atoms with E-state index >= 15 is 0 Å². The minimum atomic E-state index is -0.510. The third-order valence-corrected chi connectivity index (χ3v) is 9.73. The molecular weight excluding hydrogens is 805 g/mol. The van der Waals surface area contributed by atoms with E-state index in [1.807, 2.05) is 98.5 Å². The minimum Gasteiger partial charge on any atom is -0.444 e. The lowest BCUT2D eigenvalue weighted by Gasteiger charge is -2.37. The van der Waals surface area contributed by atoms with E-state index in [9.17, 15) is 29.8 Å². The lowest BCUT2D eigenvalue weighted by molar-refractivity contribution is -0.385. The molecule has 2 aliphatic rings. The molecule has 20 nitrogen and oxygen atoms in total. The molecule has 348 valence electrons. The number of carbonyl (C=O) groups excluding carboxylic acids is 2. The first-order valence-corrected chi connectivity index (χ1v) is 20.5. The van der Waals surface area contributed by atoms with Gasteiger partial charge in [-0.15, -0.1) is 0 Å². The Kier molecular flexibility index (Phi) is 20.2. The number of pyridine rings is 2. The maximum absolute atomic E-state index is 12.2. The van der Waals surface area contributed by atoms with Crippen LogP contribution < -0.4 is 9.80 Å². The average molecular weight is 875 g/mol. The van der Waals surface area contributed by atoms with E-state index in [0.29, 0.717) is 49.2 Å². The second kappa shape index (κ2) is 23.8. The summed E-state index contributed by atoms with van der Waals surface area (Å²) in [7, 11) is 14.5. The van der Waals surface area contributed by atoms with Crippen LogP contribution in [0.3, 0.4) is 0 Å². The van der Waals surface area contributed by atoms with Crippen molar-refractivity contribution in [2.24, 2.45) is 0 Å². The lowest BCUT2D eigenvalue weighted by atomic mass is 10.0. The number of carbonyl (C=O) groups is 2. The molecule has 2 fully saturated rings. The van der Waals surface area contributed by atoms with Gasteiger partial charge in [0.2, 0.25) is 6.41 Å². The largest absolute Gasteiger partial charge is 0.444 e. The average Bonchev–Trinajstić information content (AvgIpc) is 3.18. The molecule has 2 saturated heterocycles. The molecule has 0 bridgehead atoms. The summed E-state index contributed by atoms with van der Waals surface area (Å²) in [4.78, 5) is 65.7. The predicted octanol–water partition coefficient (Wildman–Crippen LogP) is 6.62. The van der Waals surface area contributed by atoms with Crippen molar-refractivity contribution >= 4 is 41.3 Å². The van der Waals surface area contributed by atoms with Gasteiger partial charge in [0.05, 0.1) is 9.85 Å². The number of hydrogen-bond acceptors (Lipinski definition) is 16. The summed E-state index contributed by atoms with van der Waals surface area (Å²) in [5, 5.41) is 22.2. The Morgan fingerprint density at radius 3 is 1.40 bits per heavy atom. The molecule has 0 atom stereocenters. The minimum absolute atomic E-state index is 0.0249. The molecule has 0 spiro atoms. The first kappa shape index (κ1) is 52.8. The van der Waals surface area contributed by atoms with Crippen LogP contribution in [0, 0.1) is 27.2 Å². The summed E-state index contributed by atoms with van der Waals surface area (Å²) >= 11 is 0. The SMILES string of the molecule is CN(C)/C=C/c1nc(N(C)C2CCN(C(=O)OC(C)(C)C)CC2)ccc1[N+](=O)[O-].COC(OC)N(C)C.Cc1nc(N(C)C2CCN(C(=O)OC(C)(C)C)CC2)ccc1[N+](=O)[O-]. The molecule has 2 amide bonds. The molecular formula is C42H70N10O10. The number of aryl methyl sites for hydroxylation is 1. The normalized spacial score (nSPS) is 15.0. The van der Waals surface area contributed by atoms with Crippen LogP contribution in [0.5, 0.6) is 0 Å². The second-order valence-corrected chi connectivity index (χ2v) is 17.5. The number of piperidine rings is 2. The molecule has 2 aliphatic heterocycles. The molecule has 4 rings (SSSR count). The van der Waals surface area contributed by atoms with Crippen molar-refractivity contribution in [3.8, 4) is 0 Å². The van der Waals surface area contributed by atoms with Crippen molar-refractivity contribution in [3.05, 3.63) is 62.1 Å². The van der Waals surface area contributed by atoms with Gasteiger partial charge in [0.25, 0.3) is 11.4 Å². The molecule has 0 saturated carbocycles. The van der Waals surface area contributed by atoms with Gasteiger partial charge in [0, 0.05) is 99.0 Å². The van der Waals surface area contributed by atoms with Crippen molar-refractivity contribution in [3.63, 3.8) is 0 Å². The number of ether oxygens (including phenoxy) is 4. The summed E-state index contributed by atoms with van der Waals surface area (Å²) in [6.45, 7) is 15.2. The Balaban J connectivity index is 0.000000366. The number of methoxy groups -OCH3 is 2. The molecule has 0 unspecified atom stereocenters. The highest BCUT2D eigenvalue weighted by atomic mass is 16.7. The molecule has 0 aromatic carbocycles.